The first-order chi connectivity index (χ1) is 11.0. The van der Waals surface area contributed by atoms with Crippen molar-refractivity contribution in [3.05, 3.63) is 36.2 Å². The fourth-order valence-electron chi connectivity index (χ4n) is 1.97. The summed E-state index contributed by atoms with van der Waals surface area (Å²) >= 11 is 0. The van der Waals surface area contributed by atoms with Crippen LogP contribution in [0.5, 0.6) is 0 Å². The van der Waals surface area contributed by atoms with Crippen LogP contribution in [0.1, 0.15) is 17.3 Å². The van der Waals surface area contributed by atoms with Crippen molar-refractivity contribution in [3.63, 3.8) is 0 Å². The molecule has 5 N–H and O–H groups in total. The average Bonchev–Trinajstić information content (AvgIpc) is 2.52. The van der Waals surface area contributed by atoms with Gasteiger partial charge in [-0.05, 0) is 31.2 Å². The number of anilines is 4. The molecular weight excluding hydrogens is 298 g/mol. The molecule has 2 aromatic rings. The van der Waals surface area contributed by atoms with Gasteiger partial charge in [-0.3, -0.25) is 0 Å². The summed E-state index contributed by atoms with van der Waals surface area (Å²) in [5.74, 6) is -0.0267. The van der Waals surface area contributed by atoms with Crippen LogP contribution in [0.3, 0.4) is 0 Å². The number of aromatic carboxylic acids is 1. The highest BCUT2D eigenvalue weighted by Gasteiger charge is 2.11. The number of nitrogens with zero attached hydrogens (tertiary/aromatic N) is 2. The largest absolute Gasteiger partial charge is 0.478 e. The van der Waals surface area contributed by atoms with Crippen molar-refractivity contribution < 1.29 is 14.6 Å². The van der Waals surface area contributed by atoms with Crippen molar-refractivity contribution in [1.29, 1.82) is 0 Å². The molecule has 1 unspecified atom stereocenters. The number of nitrogen functional groups attached to an aromatic ring is 1. The van der Waals surface area contributed by atoms with Crippen molar-refractivity contribution >= 4 is 29.0 Å². The number of nitrogens with one attached hydrogen (secondary N) is 2. The number of nitrogens with two attached hydrogens (primary N) is 1. The SMILES string of the molecule is COCC(C)Nc1ncnc(Nc2ccc(C(=O)O)cc2)c1N. The lowest BCUT2D eigenvalue weighted by Gasteiger charge is -2.16. The predicted molar refractivity (Wildman–Crippen MR) is 88.1 cm³/mol. The van der Waals surface area contributed by atoms with E-state index in [-0.39, 0.29) is 11.6 Å². The molecule has 0 bridgehead atoms. The minimum Gasteiger partial charge on any atom is -0.478 e. The van der Waals surface area contributed by atoms with E-state index in [1.807, 2.05) is 6.92 Å². The second-order valence-electron chi connectivity index (χ2n) is 4.99. The third kappa shape index (κ3) is 4.30. The molecule has 122 valence electrons. The number of carboxylic acid groups (broad SMARTS) is 1. The van der Waals surface area contributed by atoms with Gasteiger partial charge in [0.1, 0.15) is 12.0 Å². The highest BCUT2D eigenvalue weighted by Crippen LogP contribution is 2.26. The monoisotopic (exact) mass is 317 g/mol. The zero-order valence-corrected chi connectivity index (χ0v) is 12.9. The summed E-state index contributed by atoms with van der Waals surface area (Å²) < 4.78 is 5.06. The quantitative estimate of drug-likeness (QED) is 0.611. The van der Waals surface area contributed by atoms with Gasteiger partial charge in [-0.25, -0.2) is 14.8 Å². The van der Waals surface area contributed by atoms with Gasteiger partial charge < -0.3 is 26.2 Å². The zero-order chi connectivity index (χ0) is 16.8. The highest BCUT2D eigenvalue weighted by atomic mass is 16.5. The lowest BCUT2D eigenvalue weighted by atomic mass is 10.2. The first-order valence-corrected chi connectivity index (χ1v) is 6.97. The molecule has 0 radical (unpaired) electrons. The Labute approximate surface area is 133 Å². The van der Waals surface area contributed by atoms with Crippen LogP contribution in [-0.2, 0) is 4.74 Å². The molecule has 0 aliphatic heterocycles. The van der Waals surface area contributed by atoms with E-state index in [1.54, 1.807) is 19.2 Å². The Balaban J connectivity index is 2.15. The van der Waals surface area contributed by atoms with E-state index in [0.29, 0.717) is 29.6 Å². The maximum absolute atomic E-state index is 10.8. The number of hydrogen-bond acceptors (Lipinski definition) is 7. The molecule has 0 fully saturated rings. The van der Waals surface area contributed by atoms with E-state index in [2.05, 4.69) is 20.6 Å². The van der Waals surface area contributed by atoms with Crippen molar-refractivity contribution in [1.82, 2.24) is 9.97 Å². The third-order valence-corrected chi connectivity index (χ3v) is 3.08. The van der Waals surface area contributed by atoms with Crippen LogP contribution >= 0.6 is 0 Å². The molecule has 0 amide bonds. The molecule has 0 saturated heterocycles. The molecule has 0 spiro atoms. The Morgan fingerprint density at radius 2 is 1.96 bits per heavy atom. The molecule has 8 nitrogen and oxygen atoms in total. The van der Waals surface area contributed by atoms with Gasteiger partial charge in [0.05, 0.1) is 12.2 Å². The molecule has 1 aromatic heterocycles. The van der Waals surface area contributed by atoms with Gasteiger partial charge in [-0.15, -0.1) is 0 Å². The smallest absolute Gasteiger partial charge is 0.335 e. The van der Waals surface area contributed by atoms with Crippen LogP contribution in [0, 0.1) is 0 Å². The van der Waals surface area contributed by atoms with Gasteiger partial charge in [0.2, 0.25) is 0 Å². The van der Waals surface area contributed by atoms with Gasteiger partial charge in [0, 0.05) is 18.8 Å². The fraction of sp³-hybridized carbons (Fsp3) is 0.267. The van der Waals surface area contributed by atoms with Crippen LogP contribution < -0.4 is 16.4 Å². The number of carboxylic acids is 1. The second kappa shape index (κ2) is 7.41. The molecule has 23 heavy (non-hydrogen) atoms. The summed E-state index contributed by atoms with van der Waals surface area (Å²) in [6.45, 7) is 2.46. The summed E-state index contributed by atoms with van der Waals surface area (Å²) in [5.41, 5.74) is 7.33. The van der Waals surface area contributed by atoms with Crippen molar-refractivity contribution in [2.75, 3.05) is 30.1 Å². The number of carbonyl (C=O) groups is 1. The Hall–Kier alpha value is -2.87. The molecule has 1 atom stereocenters. The molecule has 1 aromatic carbocycles. The minimum absolute atomic E-state index is 0.0416. The van der Waals surface area contributed by atoms with Gasteiger partial charge in [0.25, 0.3) is 0 Å². The molecule has 2 rings (SSSR count). The zero-order valence-electron chi connectivity index (χ0n) is 12.9. The van der Waals surface area contributed by atoms with Gasteiger partial charge in [0.15, 0.2) is 11.6 Å². The number of aromatic nitrogens is 2. The molecular formula is C15H19N5O3. The Morgan fingerprint density at radius 1 is 1.30 bits per heavy atom. The van der Waals surface area contributed by atoms with Crippen LogP contribution in [0.25, 0.3) is 0 Å². The Morgan fingerprint density at radius 3 is 2.57 bits per heavy atom. The van der Waals surface area contributed by atoms with Crippen LogP contribution in [0.15, 0.2) is 30.6 Å². The van der Waals surface area contributed by atoms with Crippen LogP contribution in [0.4, 0.5) is 23.0 Å². The van der Waals surface area contributed by atoms with Crippen molar-refractivity contribution in [2.24, 2.45) is 0 Å². The summed E-state index contributed by atoms with van der Waals surface area (Å²) in [4.78, 5) is 19.1. The normalized spacial score (nSPS) is 11.7. The van der Waals surface area contributed by atoms with Crippen LogP contribution in [-0.4, -0.2) is 40.8 Å². The first kappa shape index (κ1) is 16.5. The van der Waals surface area contributed by atoms with E-state index < -0.39 is 5.97 Å². The lowest BCUT2D eigenvalue weighted by Crippen LogP contribution is -2.22. The van der Waals surface area contributed by atoms with Gasteiger partial charge in [-0.2, -0.15) is 0 Å². The minimum atomic E-state index is -0.975. The third-order valence-electron chi connectivity index (χ3n) is 3.08. The van der Waals surface area contributed by atoms with E-state index in [9.17, 15) is 4.79 Å². The molecule has 0 aliphatic rings. The average molecular weight is 317 g/mol. The number of hydrogen-bond donors (Lipinski definition) is 4. The maximum Gasteiger partial charge on any atom is 0.335 e. The van der Waals surface area contributed by atoms with E-state index in [4.69, 9.17) is 15.6 Å². The summed E-state index contributed by atoms with van der Waals surface area (Å²) in [5, 5.41) is 15.1. The lowest BCUT2D eigenvalue weighted by molar-refractivity contribution is 0.0697. The number of methoxy groups -OCH3 is 1. The number of benzene rings is 1. The number of ether oxygens (including phenoxy) is 1. The van der Waals surface area contributed by atoms with E-state index >= 15 is 0 Å². The fourth-order valence-corrected chi connectivity index (χ4v) is 1.97. The molecule has 8 heteroatoms. The number of rotatable bonds is 7. The topological polar surface area (TPSA) is 122 Å². The van der Waals surface area contributed by atoms with Crippen molar-refractivity contribution in [3.8, 4) is 0 Å². The maximum atomic E-state index is 10.8. The molecule has 1 heterocycles. The van der Waals surface area contributed by atoms with E-state index in [0.717, 1.165) is 0 Å². The predicted octanol–water partition coefficient (Wildman–Crippen LogP) is 1.95. The molecule has 0 aliphatic carbocycles. The van der Waals surface area contributed by atoms with Gasteiger partial charge >= 0.3 is 5.97 Å². The molecule has 0 saturated carbocycles. The van der Waals surface area contributed by atoms with Crippen molar-refractivity contribution in [2.45, 2.75) is 13.0 Å². The standard InChI is InChI=1S/C15H19N5O3/c1-9(7-23-2)19-13-12(16)14(18-8-17-13)20-11-5-3-10(4-6-11)15(21)22/h3-6,8-9H,7,16H2,1-2H3,(H,21,22)(H2,17,18,19,20). The first-order valence-electron chi connectivity index (χ1n) is 6.97. The summed E-state index contributed by atoms with van der Waals surface area (Å²) in [7, 11) is 1.62. The van der Waals surface area contributed by atoms with E-state index in [1.165, 1.54) is 18.5 Å². The highest BCUT2D eigenvalue weighted by molar-refractivity contribution is 5.88. The Bertz CT molecular complexity index is 675. The summed E-state index contributed by atoms with van der Waals surface area (Å²) in [6, 6.07) is 6.33. The van der Waals surface area contributed by atoms with Gasteiger partial charge in [-0.1, -0.05) is 0 Å². The summed E-state index contributed by atoms with van der Waals surface area (Å²) in [6.07, 6.45) is 1.40. The van der Waals surface area contributed by atoms with Crippen LogP contribution in [0.2, 0.25) is 0 Å². The Kier molecular flexibility index (Phi) is 5.32. The second-order valence-corrected chi connectivity index (χ2v) is 4.99.